The Morgan fingerprint density at radius 3 is 2.21 bits per heavy atom. The van der Waals surface area contributed by atoms with E-state index in [0.29, 0.717) is 9.98 Å². The number of benzene rings is 3. The molecule has 0 unspecified atom stereocenters. The average Bonchev–Trinajstić information content (AvgIpc) is 2.72. The number of hydrazine groups is 2. The summed E-state index contributed by atoms with van der Waals surface area (Å²) in [5.74, 6) is 10.3. The molecule has 0 aliphatic heterocycles. The maximum atomic E-state index is 12.8. The first-order valence-electron chi connectivity index (χ1n) is 8.11. The SMILES string of the molecule is NN(N=O)C(=O)Cc1ccc(N(N)S(=O)(=O)c2ccc3ccccc3c2)cc1. The van der Waals surface area contributed by atoms with Crippen molar-refractivity contribution in [3.05, 3.63) is 77.2 Å². The summed E-state index contributed by atoms with van der Waals surface area (Å²) >= 11 is 0. The first-order chi connectivity index (χ1) is 13.3. The molecule has 0 aliphatic rings. The lowest BCUT2D eigenvalue weighted by Crippen LogP contribution is -2.37. The Bertz CT molecular complexity index is 1130. The predicted molar refractivity (Wildman–Crippen MR) is 105 cm³/mol. The molecule has 0 fully saturated rings. The van der Waals surface area contributed by atoms with E-state index in [1.165, 1.54) is 30.3 Å². The molecule has 144 valence electrons. The number of amides is 1. The Kier molecular flexibility index (Phi) is 5.36. The van der Waals surface area contributed by atoms with Gasteiger partial charge in [0.25, 0.3) is 15.9 Å². The van der Waals surface area contributed by atoms with Crippen molar-refractivity contribution in [2.24, 2.45) is 17.0 Å². The number of nitrogens with zero attached hydrogens (tertiary/aromatic N) is 3. The van der Waals surface area contributed by atoms with Crippen molar-refractivity contribution in [2.75, 3.05) is 4.41 Å². The Balaban J connectivity index is 1.84. The fourth-order valence-corrected chi connectivity index (χ4v) is 3.78. The number of carbonyl (C=O) groups excluding carboxylic acids is 1. The van der Waals surface area contributed by atoms with Crippen molar-refractivity contribution in [2.45, 2.75) is 11.3 Å². The van der Waals surface area contributed by atoms with Gasteiger partial charge in [-0.05, 0) is 40.6 Å². The summed E-state index contributed by atoms with van der Waals surface area (Å²) in [6.07, 6.45) is -0.162. The highest BCUT2D eigenvalue weighted by Crippen LogP contribution is 2.24. The summed E-state index contributed by atoms with van der Waals surface area (Å²) in [6.45, 7) is 0. The molecule has 0 aromatic heterocycles. The van der Waals surface area contributed by atoms with Gasteiger partial charge in [-0.2, -0.15) is 8.42 Å². The van der Waals surface area contributed by atoms with Gasteiger partial charge in [-0.15, -0.1) is 10.0 Å². The Morgan fingerprint density at radius 2 is 1.57 bits per heavy atom. The fraction of sp³-hybridized carbons (Fsp3) is 0.0556. The van der Waals surface area contributed by atoms with Crippen LogP contribution in [0.4, 0.5) is 5.69 Å². The number of nitroso groups, excluding NO2 is 1. The molecule has 0 saturated heterocycles. The molecule has 0 radical (unpaired) electrons. The van der Waals surface area contributed by atoms with Crippen molar-refractivity contribution in [3.63, 3.8) is 0 Å². The smallest absolute Gasteiger partial charge is 0.271 e. The molecule has 0 atom stereocenters. The minimum Gasteiger partial charge on any atom is -0.271 e. The highest BCUT2D eigenvalue weighted by molar-refractivity contribution is 7.92. The third kappa shape index (κ3) is 3.83. The van der Waals surface area contributed by atoms with Gasteiger partial charge >= 0.3 is 0 Å². The first kappa shape index (κ1) is 19.4. The lowest BCUT2D eigenvalue weighted by atomic mass is 10.1. The second kappa shape index (κ2) is 7.72. The van der Waals surface area contributed by atoms with Crippen molar-refractivity contribution < 1.29 is 13.2 Å². The first-order valence-corrected chi connectivity index (χ1v) is 9.55. The number of rotatable bonds is 6. The van der Waals surface area contributed by atoms with Gasteiger partial charge in [0.1, 0.15) is 0 Å². The van der Waals surface area contributed by atoms with Gasteiger partial charge < -0.3 is 0 Å². The highest BCUT2D eigenvalue weighted by Gasteiger charge is 2.22. The van der Waals surface area contributed by atoms with E-state index in [0.717, 1.165) is 10.8 Å². The highest BCUT2D eigenvalue weighted by atomic mass is 32.2. The lowest BCUT2D eigenvalue weighted by molar-refractivity contribution is -0.130. The number of hydrogen-bond acceptors (Lipinski definition) is 7. The van der Waals surface area contributed by atoms with Crippen LogP contribution in [-0.4, -0.2) is 19.4 Å². The largest absolute Gasteiger partial charge is 0.277 e. The van der Waals surface area contributed by atoms with E-state index in [-0.39, 0.29) is 22.1 Å². The molecule has 0 saturated carbocycles. The quantitative estimate of drug-likeness (QED) is 0.281. The second-order valence-corrected chi connectivity index (χ2v) is 7.79. The molecule has 0 spiro atoms. The molecule has 10 heteroatoms. The normalized spacial score (nSPS) is 11.2. The maximum absolute atomic E-state index is 12.8. The molecule has 1 amide bonds. The zero-order valence-electron chi connectivity index (χ0n) is 14.6. The molecular weight excluding hydrogens is 382 g/mol. The predicted octanol–water partition coefficient (Wildman–Crippen LogP) is 1.83. The van der Waals surface area contributed by atoms with Crippen LogP contribution in [0.1, 0.15) is 5.56 Å². The van der Waals surface area contributed by atoms with Crippen LogP contribution in [0.2, 0.25) is 0 Å². The van der Waals surface area contributed by atoms with Crippen LogP contribution in [0.3, 0.4) is 0 Å². The Hall–Kier alpha value is -3.34. The monoisotopic (exact) mass is 399 g/mol. The van der Waals surface area contributed by atoms with E-state index < -0.39 is 15.9 Å². The zero-order chi connectivity index (χ0) is 20.3. The van der Waals surface area contributed by atoms with Crippen LogP contribution in [-0.2, 0) is 21.2 Å². The molecule has 0 aliphatic carbocycles. The maximum Gasteiger partial charge on any atom is 0.277 e. The number of hydrogen-bond donors (Lipinski definition) is 2. The minimum atomic E-state index is -3.98. The second-order valence-electron chi connectivity index (χ2n) is 5.97. The van der Waals surface area contributed by atoms with Crippen LogP contribution in [0.15, 0.2) is 76.9 Å². The lowest BCUT2D eigenvalue weighted by Gasteiger charge is -2.19. The topological polar surface area (TPSA) is 139 Å². The molecule has 9 nitrogen and oxygen atoms in total. The van der Waals surface area contributed by atoms with E-state index in [4.69, 9.17) is 11.7 Å². The molecule has 4 N–H and O–H groups in total. The third-order valence-corrected chi connectivity index (χ3v) is 5.75. The summed E-state index contributed by atoms with van der Waals surface area (Å²) in [4.78, 5) is 21.9. The van der Waals surface area contributed by atoms with Crippen molar-refractivity contribution in [3.8, 4) is 0 Å². The van der Waals surface area contributed by atoms with Crippen LogP contribution < -0.4 is 16.1 Å². The van der Waals surface area contributed by atoms with Gasteiger partial charge in [0.2, 0.25) is 0 Å². The van der Waals surface area contributed by atoms with Crippen LogP contribution in [0.25, 0.3) is 10.8 Å². The summed E-state index contributed by atoms with van der Waals surface area (Å²) in [6, 6.07) is 18.1. The number of nitrogens with two attached hydrogens (primary N) is 2. The van der Waals surface area contributed by atoms with E-state index >= 15 is 0 Å². The van der Waals surface area contributed by atoms with Gasteiger partial charge in [0.15, 0.2) is 0 Å². The van der Waals surface area contributed by atoms with E-state index in [1.54, 1.807) is 12.1 Å². The van der Waals surface area contributed by atoms with Crippen LogP contribution >= 0.6 is 0 Å². The Morgan fingerprint density at radius 1 is 0.929 bits per heavy atom. The third-order valence-electron chi connectivity index (χ3n) is 4.17. The minimum absolute atomic E-state index is 0.0591. The van der Waals surface area contributed by atoms with E-state index in [9.17, 15) is 18.1 Å². The number of anilines is 1. The number of sulfonamides is 1. The Labute approximate surface area is 161 Å². The zero-order valence-corrected chi connectivity index (χ0v) is 15.4. The van der Waals surface area contributed by atoms with Gasteiger partial charge in [0.05, 0.1) is 22.3 Å². The summed E-state index contributed by atoms with van der Waals surface area (Å²) < 4.78 is 26.4. The van der Waals surface area contributed by atoms with Crippen LogP contribution in [0.5, 0.6) is 0 Å². The average molecular weight is 399 g/mol. The molecule has 3 aromatic carbocycles. The fourth-order valence-electron chi connectivity index (χ4n) is 2.64. The van der Waals surface area contributed by atoms with Gasteiger partial charge in [-0.25, -0.2) is 16.1 Å². The molecule has 0 heterocycles. The molecule has 0 bridgehead atoms. The number of fused-ring (bicyclic) bond motifs is 1. The molecule has 3 aromatic rings. The van der Waals surface area contributed by atoms with Crippen molar-refractivity contribution in [1.29, 1.82) is 0 Å². The van der Waals surface area contributed by atoms with E-state index in [2.05, 4.69) is 5.29 Å². The molecule has 28 heavy (non-hydrogen) atoms. The van der Waals surface area contributed by atoms with Gasteiger partial charge in [-0.3, -0.25) is 4.79 Å². The summed E-state index contributed by atoms with van der Waals surface area (Å²) in [7, 11) is -3.98. The van der Waals surface area contributed by atoms with Crippen molar-refractivity contribution in [1.82, 2.24) is 5.12 Å². The number of carbonyl (C=O) groups is 1. The van der Waals surface area contributed by atoms with Gasteiger partial charge in [-0.1, -0.05) is 42.5 Å². The van der Waals surface area contributed by atoms with Crippen LogP contribution in [0, 0.1) is 4.91 Å². The summed E-state index contributed by atoms with van der Waals surface area (Å²) in [5.41, 5.74) is 0.729. The van der Waals surface area contributed by atoms with Gasteiger partial charge in [0, 0.05) is 0 Å². The van der Waals surface area contributed by atoms with E-state index in [1.807, 2.05) is 24.3 Å². The standard InChI is InChI=1S/C18H17N5O4S/c19-22(21-25)18(24)11-13-5-8-16(9-6-13)23(20)28(26,27)17-10-7-14-3-1-2-4-15(14)12-17/h1-10,12H,11,19-20H2. The summed E-state index contributed by atoms with van der Waals surface area (Å²) in [5, 5.41) is 4.22. The van der Waals surface area contributed by atoms with Crippen molar-refractivity contribution >= 4 is 32.4 Å². The molecular formula is C18H17N5O4S. The molecule has 3 rings (SSSR count).